The normalized spacial score (nSPS) is 14.0. The Hall–Kier alpha value is -3.09. The molecule has 0 aliphatic carbocycles. The van der Waals surface area contributed by atoms with Crippen LogP contribution in [0.5, 0.6) is 11.5 Å². The minimum atomic E-state index is -4.99. The van der Waals surface area contributed by atoms with Crippen LogP contribution in [0.25, 0.3) is 0 Å². The molecule has 2 aromatic rings. The van der Waals surface area contributed by atoms with Crippen molar-refractivity contribution in [1.82, 2.24) is 5.48 Å². The standard InChI is InChI=1S/C23H26F6N2O8S2/c1-3-15-41(34,35)39-31-21(23(27,28)29)17-7-11-19(12-8-17)37-14-4-13-36-18-9-5-16(6-10-18)20(22(24,25)26)30-38-40(2,32)33/h5-12,21,31H,3-4,13-15H2,1-2H3. The van der Waals surface area contributed by atoms with E-state index >= 15 is 0 Å². The van der Waals surface area contributed by atoms with Crippen LogP contribution in [0.15, 0.2) is 53.7 Å². The first kappa shape index (κ1) is 34.1. The summed E-state index contributed by atoms with van der Waals surface area (Å²) in [5.41, 5.74) is -0.769. The SMILES string of the molecule is CCCS(=O)(=O)ONC(c1ccc(OCCCOc2ccc(C(=NOS(C)(=O)=O)C(F)(F)F)cc2)cc1)C(F)(F)F. The number of oxime groups is 1. The highest BCUT2D eigenvalue weighted by atomic mass is 32.2. The zero-order valence-corrected chi connectivity index (χ0v) is 23.2. The fraction of sp³-hybridized carbons (Fsp3) is 0.435. The van der Waals surface area contributed by atoms with Crippen molar-refractivity contribution >= 4 is 25.9 Å². The first-order valence-corrected chi connectivity index (χ1v) is 15.0. The Kier molecular flexibility index (Phi) is 11.8. The molecule has 0 aromatic heterocycles. The third-order valence-electron chi connectivity index (χ3n) is 4.77. The largest absolute Gasteiger partial charge is 0.493 e. The number of hydroxylamine groups is 1. The molecule has 2 rings (SSSR count). The summed E-state index contributed by atoms with van der Waals surface area (Å²) >= 11 is 0. The average Bonchev–Trinajstić information content (AvgIpc) is 2.83. The minimum absolute atomic E-state index is 0.0679. The second-order valence-electron chi connectivity index (χ2n) is 8.30. The zero-order chi connectivity index (χ0) is 30.9. The molecular weight excluding hydrogens is 610 g/mol. The smallest absolute Gasteiger partial charge is 0.437 e. The number of hydrogen-bond acceptors (Lipinski definition) is 10. The number of alkyl halides is 6. The van der Waals surface area contributed by atoms with E-state index < -0.39 is 55.7 Å². The summed E-state index contributed by atoms with van der Waals surface area (Å²) in [4.78, 5) is 0. The molecule has 0 saturated heterocycles. The maximum Gasteiger partial charge on any atom is 0.437 e. The van der Waals surface area contributed by atoms with Crippen LogP contribution in [0.4, 0.5) is 26.3 Å². The maximum atomic E-state index is 13.4. The van der Waals surface area contributed by atoms with Crippen LogP contribution >= 0.6 is 0 Å². The second kappa shape index (κ2) is 14.2. The summed E-state index contributed by atoms with van der Waals surface area (Å²) in [6, 6.07) is 6.72. The molecule has 1 atom stereocenters. The first-order valence-electron chi connectivity index (χ1n) is 11.6. The van der Waals surface area contributed by atoms with Crippen molar-refractivity contribution in [2.75, 3.05) is 25.2 Å². The molecular formula is C23H26F6N2O8S2. The molecule has 0 amide bonds. The van der Waals surface area contributed by atoms with Crippen molar-refractivity contribution < 1.29 is 61.2 Å². The summed E-state index contributed by atoms with van der Waals surface area (Å²) < 4.78 is 144. The van der Waals surface area contributed by atoms with Crippen molar-refractivity contribution in [2.24, 2.45) is 5.16 Å². The lowest BCUT2D eigenvalue weighted by atomic mass is 10.1. The number of hydrogen-bond donors (Lipinski definition) is 1. The van der Waals surface area contributed by atoms with E-state index in [1.807, 2.05) is 0 Å². The lowest BCUT2D eigenvalue weighted by Crippen LogP contribution is -2.36. The summed E-state index contributed by atoms with van der Waals surface area (Å²) in [6.45, 7) is 1.67. The van der Waals surface area contributed by atoms with E-state index in [0.29, 0.717) is 6.26 Å². The van der Waals surface area contributed by atoms with Crippen LogP contribution in [0.1, 0.15) is 36.9 Å². The highest BCUT2D eigenvalue weighted by Crippen LogP contribution is 2.33. The molecule has 10 nitrogen and oxygen atoms in total. The van der Waals surface area contributed by atoms with Gasteiger partial charge in [0.1, 0.15) is 11.5 Å². The molecule has 0 heterocycles. The molecule has 41 heavy (non-hydrogen) atoms. The number of benzene rings is 2. The molecule has 0 saturated carbocycles. The van der Waals surface area contributed by atoms with E-state index in [-0.39, 0.29) is 43.1 Å². The monoisotopic (exact) mass is 636 g/mol. The van der Waals surface area contributed by atoms with E-state index in [9.17, 15) is 43.2 Å². The molecule has 0 aliphatic rings. The van der Waals surface area contributed by atoms with Gasteiger partial charge in [0.15, 0.2) is 11.8 Å². The third kappa shape index (κ3) is 12.1. The van der Waals surface area contributed by atoms with Gasteiger partial charge in [-0.3, -0.25) is 4.28 Å². The fourth-order valence-corrected chi connectivity index (χ4v) is 4.05. The van der Waals surface area contributed by atoms with E-state index in [2.05, 4.69) is 13.7 Å². The number of rotatable bonds is 15. The van der Waals surface area contributed by atoms with Crippen LogP contribution < -0.4 is 15.0 Å². The molecule has 0 fully saturated rings. The molecule has 0 radical (unpaired) electrons. The van der Waals surface area contributed by atoms with Gasteiger partial charge in [-0.15, -0.1) is 0 Å². The molecule has 230 valence electrons. The van der Waals surface area contributed by atoms with E-state index in [4.69, 9.17) is 9.47 Å². The molecule has 2 aromatic carbocycles. The van der Waals surface area contributed by atoms with E-state index in [0.717, 1.165) is 24.3 Å². The number of ether oxygens (including phenoxy) is 2. The highest BCUT2D eigenvalue weighted by molar-refractivity contribution is 7.86. The van der Waals surface area contributed by atoms with Gasteiger partial charge in [-0.2, -0.15) is 52.9 Å². The maximum absolute atomic E-state index is 13.4. The summed E-state index contributed by atoms with van der Waals surface area (Å²) in [5.74, 6) is -0.0468. The van der Waals surface area contributed by atoms with Gasteiger partial charge in [0.05, 0.1) is 25.2 Å². The van der Waals surface area contributed by atoms with Crippen LogP contribution in [0, 0.1) is 0 Å². The Morgan fingerprint density at radius 3 is 1.83 bits per heavy atom. The van der Waals surface area contributed by atoms with Crippen molar-refractivity contribution in [1.29, 1.82) is 0 Å². The van der Waals surface area contributed by atoms with Crippen LogP contribution in [0.3, 0.4) is 0 Å². The number of halogens is 6. The first-order chi connectivity index (χ1) is 18.9. The fourth-order valence-electron chi connectivity index (χ4n) is 3.01. The molecule has 18 heteroatoms. The van der Waals surface area contributed by atoms with Crippen molar-refractivity contribution in [3.63, 3.8) is 0 Å². The predicted molar refractivity (Wildman–Crippen MR) is 134 cm³/mol. The van der Waals surface area contributed by atoms with Crippen molar-refractivity contribution in [3.05, 3.63) is 59.7 Å². The Balaban J connectivity index is 1.89. The molecule has 0 spiro atoms. The summed E-state index contributed by atoms with van der Waals surface area (Å²) in [7, 11) is -8.43. The quantitative estimate of drug-likeness (QED) is 0.129. The Morgan fingerprint density at radius 2 is 1.39 bits per heavy atom. The van der Waals surface area contributed by atoms with Crippen LogP contribution in [-0.2, 0) is 28.8 Å². The topological polar surface area (TPSA) is 130 Å². The van der Waals surface area contributed by atoms with Gasteiger partial charge < -0.3 is 9.47 Å². The van der Waals surface area contributed by atoms with Gasteiger partial charge in [-0.1, -0.05) is 24.2 Å². The predicted octanol–water partition coefficient (Wildman–Crippen LogP) is 4.64. The Labute approximate surface area is 232 Å². The summed E-state index contributed by atoms with van der Waals surface area (Å²) in [6.07, 6.45) is -8.85. The van der Waals surface area contributed by atoms with Crippen molar-refractivity contribution in [3.8, 4) is 11.5 Å². The lowest BCUT2D eigenvalue weighted by Gasteiger charge is -2.21. The van der Waals surface area contributed by atoms with Crippen LogP contribution in [-0.4, -0.2) is 60.1 Å². The number of nitrogens with zero attached hydrogens (tertiary/aromatic N) is 1. The van der Waals surface area contributed by atoms with Gasteiger partial charge >= 0.3 is 22.5 Å². The molecule has 1 unspecified atom stereocenters. The lowest BCUT2D eigenvalue weighted by molar-refractivity contribution is -0.174. The van der Waals surface area contributed by atoms with E-state index in [1.165, 1.54) is 31.2 Å². The average molecular weight is 637 g/mol. The van der Waals surface area contributed by atoms with E-state index in [1.54, 1.807) is 5.48 Å². The summed E-state index contributed by atoms with van der Waals surface area (Å²) in [5, 5.41) is 2.69. The number of nitrogens with one attached hydrogen (secondary N) is 1. The van der Waals surface area contributed by atoms with Gasteiger partial charge in [0, 0.05) is 12.0 Å². The van der Waals surface area contributed by atoms with Gasteiger partial charge in [-0.05, 0) is 48.4 Å². The van der Waals surface area contributed by atoms with Crippen molar-refractivity contribution in [2.45, 2.75) is 38.2 Å². The molecule has 0 bridgehead atoms. The minimum Gasteiger partial charge on any atom is -0.493 e. The second-order valence-corrected chi connectivity index (χ2v) is 11.5. The van der Waals surface area contributed by atoms with Crippen LogP contribution in [0.2, 0.25) is 0 Å². The molecule has 0 aliphatic heterocycles. The molecule has 1 N–H and O–H groups in total. The Bertz CT molecular complexity index is 1360. The van der Waals surface area contributed by atoms with Gasteiger partial charge in [0.25, 0.3) is 10.1 Å². The third-order valence-corrected chi connectivity index (χ3v) is 6.38. The highest BCUT2D eigenvalue weighted by Gasteiger charge is 2.42. The zero-order valence-electron chi connectivity index (χ0n) is 21.5. The van der Waals surface area contributed by atoms with Gasteiger partial charge in [0.2, 0.25) is 0 Å². The Morgan fingerprint density at radius 1 is 0.878 bits per heavy atom. The van der Waals surface area contributed by atoms with Gasteiger partial charge in [-0.25, -0.2) is 0 Å².